The normalized spacial score (nSPS) is 24.8. The van der Waals surface area contributed by atoms with Gasteiger partial charge in [-0.15, -0.1) is 12.4 Å². The number of hydrogen-bond donors (Lipinski definition) is 2. The summed E-state index contributed by atoms with van der Waals surface area (Å²) in [7, 11) is 1.99. The van der Waals surface area contributed by atoms with Gasteiger partial charge in [-0.3, -0.25) is 9.48 Å². The average Bonchev–Trinajstić information content (AvgIpc) is 2.85. The van der Waals surface area contributed by atoms with Crippen molar-refractivity contribution in [1.82, 2.24) is 14.7 Å². The van der Waals surface area contributed by atoms with Gasteiger partial charge in [0.2, 0.25) is 5.91 Å². The lowest BCUT2D eigenvalue weighted by molar-refractivity contribution is -0.138. The maximum absolute atomic E-state index is 13.0. The van der Waals surface area contributed by atoms with Crippen molar-refractivity contribution in [2.24, 2.45) is 18.7 Å². The zero-order valence-electron chi connectivity index (χ0n) is 16.3. The molecule has 2 heterocycles. The molecule has 0 spiro atoms. The van der Waals surface area contributed by atoms with Gasteiger partial charge in [-0.05, 0) is 25.7 Å². The quantitative estimate of drug-likeness (QED) is 0.800. The van der Waals surface area contributed by atoms with E-state index in [1.165, 1.54) is 5.56 Å². The zero-order valence-corrected chi connectivity index (χ0v) is 17.1. The maximum Gasteiger partial charge on any atom is 0.225 e. The molecule has 3 N–H and O–H groups in total. The largest absolute Gasteiger partial charge is 0.391 e. The highest BCUT2D eigenvalue weighted by Crippen LogP contribution is 2.30. The van der Waals surface area contributed by atoms with Gasteiger partial charge in [-0.2, -0.15) is 5.10 Å². The number of halogens is 1. The minimum absolute atomic E-state index is 0. The Hall–Kier alpha value is -1.89. The van der Waals surface area contributed by atoms with Crippen molar-refractivity contribution in [1.29, 1.82) is 0 Å². The molecule has 152 valence electrons. The Labute approximate surface area is 172 Å². The van der Waals surface area contributed by atoms with Crippen molar-refractivity contribution in [3.63, 3.8) is 0 Å². The number of aliphatic hydroxyl groups is 1. The van der Waals surface area contributed by atoms with Crippen LogP contribution in [0.2, 0.25) is 0 Å². The van der Waals surface area contributed by atoms with Gasteiger partial charge < -0.3 is 15.7 Å². The molecular weight excluding hydrogens is 376 g/mol. The fourth-order valence-corrected chi connectivity index (χ4v) is 4.52. The molecule has 1 aromatic heterocycles. The zero-order chi connectivity index (χ0) is 19.0. The van der Waals surface area contributed by atoms with Crippen LogP contribution in [0, 0.1) is 5.92 Å². The third-order valence-electron chi connectivity index (χ3n) is 6.06. The Balaban J connectivity index is 0.00000225. The van der Waals surface area contributed by atoms with E-state index in [0.29, 0.717) is 25.9 Å². The predicted molar refractivity (Wildman–Crippen MR) is 111 cm³/mol. The molecule has 7 heteroatoms. The summed E-state index contributed by atoms with van der Waals surface area (Å²) in [5.41, 5.74) is 10.6. The highest BCUT2D eigenvalue weighted by molar-refractivity contribution is 5.85. The summed E-state index contributed by atoms with van der Waals surface area (Å²) in [6.45, 7) is 1.39. The Bertz CT molecular complexity index is 823. The molecule has 1 aromatic carbocycles. The van der Waals surface area contributed by atoms with Gasteiger partial charge in [0, 0.05) is 49.6 Å². The van der Waals surface area contributed by atoms with E-state index in [2.05, 4.69) is 12.1 Å². The molecule has 2 aliphatic rings. The molecule has 3 atom stereocenters. The molecule has 0 unspecified atom stereocenters. The SMILES string of the molecule is Cl.Cn1nc2c(c1-c1ccccc1)CCN(C(=O)[C@H]1CC[C@@H](N)[C@H](O)C1)CC2. The molecule has 1 fully saturated rings. The first-order valence-corrected chi connectivity index (χ1v) is 9.87. The van der Waals surface area contributed by atoms with E-state index in [1.807, 2.05) is 34.8 Å². The Morgan fingerprint density at radius 2 is 1.89 bits per heavy atom. The molecule has 1 aliphatic carbocycles. The Morgan fingerprint density at radius 1 is 1.18 bits per heavy atom. The van der Waals surface area contributed by atoms with Gasteiger partial charge in [-0.25, -0.2) is 0 Å². The van der Waals surface area contributed by atoms with Crippen LogP contribution in [0.1, 0.15) is 30.5 Å². The Kier molecular flexibility index (Phi) is 6.43. The van der Waals surface area contributed by atoms with Crippen LogP contribution in [0.5, 0.6) is 0 Å². The van der Waals surface area contributed by atoms with Crippen LogP contribution < -0.4 is 5.73 Å². The third-order valence-corrected chi connectivity index (χ3v) is 6.06. The summed E-state index contributed by atoms with van der Waals surface area (Å²) in [4.78, 5) is 15.0. The van der Waals surface area contributed by atoms with Crippen molar-refractivity contribution in [2.75, 3.05) is 13.1 Å². The van der Waals surface area contributed by atoms with Crippen LogP contribution in [0.25, 0.3) is 11.3 Å². The first-order valence-electron chi connectivity index (χ1n) is 9.87. The average molecular weight is 405 g/mol. The Morgan fingerprint density at radius 3 is 2.61 bits per heavy atom. The number of benzene rings is 1. The molecule has 0 bridgehead atoms. The first kappa shape index (κ1) is 20.8. The van der Waals surface area contributed by atoms with Crippen molar-refractivity contribution in [3.05, 3.63) is 41.6 Å². The van der Waals surface area contributed by atoms with Crippen LogP contribution in [0.15, 0.2) is 30.3 Å². The van der Waals surface area contributed by atoms with Gasteiger partial charge >= 0.3 is 0 Å². The second kappa shape index (κ2) is 8.64. The number of amides is 1. The lowest BCUT2D eigenvalue weighted by Crippen LogP contribution is -2.46. The van der Waals surface area contributed by atoms with E-state index < -0.39 is 6.10 Å². The summed E-state index contributed by atoms with van der Waals surface area (Å²) in [6, 6.07) is 10.1. The number of nitrogens with zero attached hydrogens (tertiary/aromatic N) is 3. The van der Waals surface area contributed by atoms with Gasteiger partial charge in [0.05, 0.1) is 17.5 Å². The topological polar surface area (TPSA) is 84.4 Å². The standard InChI is InChI=1S/C21H28N4O2.ClH/c1-24-20(14-5-3-2-4-6-14)16-9-11-25(12-10-18(16)23-24)21(27)15-7-8-17(22)19(26)13-15;/h2-6,15,17,19,26H,7-13,22H2,1H3;1H/t15-,17+,19+;/m0./s1. The van der Waals surface area contributed by atoms with Crippen LogP contribution in [-0.2, 0) is 24.7 Å². The number of hydrogen-bond acceptors (Lipinski definition) is 4. The maximum atomic E-state index is 13.0. The van der Waals surface area contributed by atoms with E-state index in [9.17, 15) is 9.90 Å². The van der Waals surface area contributed by atoms with Crippen molar-refractivity contribution in [2.45, 2.75) is 44.2 Å². The monoisotopic (exact) mass is 404 g/mol. The minimum atomic E-state index is -0.565. The number of aryl methyl sites for hydroxylation is 1. The number of aromatic nitrogens is 2. The molecular formula is C21H29ClN4O2. The summed E-state index contributed by atoms with van der Waals surface area (Å²) in [5, 5.41) is 14.8. The number of fused-ring (bicyclic) bond motifs is 1. The number of carbonyl (C=O) groups excluding carboxylic acids is 1. The molecule has 2 aromatic rings. The predicted octanol–water partition coefficient (Wildman–Crippen LogP) is 1.92. The van der Waals surface area contributed by atoms with E-state index in [1.54, 1.807) is 0 Å². The second-order valence-electron chi connectivity index (χ2n) is 7.83. The molecule has 1 amide bonds. The first-order chi connectivity index (χ1) is 13.0. The smallest absolute Gasteiger partial charge is 0.225 e. The second-order valence-corrected chi connectivity index (χ2v) is 7.83. The lowest BCUT2D eigenvalue weighted by atomic mass is 9.83. The molecule has 0 radical (unpaired) electrons. The van der Waals surface area contributed by atoms with Gasteiger partial charge in [-0.1, -0.05) is 30.3 Å². The van der Waals surface area contributed by atoms with E-state index >= 15 is 0 Å². The van der Waals surface area contributed by atoms with Gasteiger partial charge in [0.25, 0.3) is 0 Å². The van der Waals surface area contributed by atoms with E-state index in [4.69, 9.17) is 10.8 Å². The van der Waals surface area contributed by atoms with E-state index in [0.717, 1.165) is 36.2 Å². The fraction of sp³-hybridized carbons (Fsp3) is 0.524. The molecule has 1 aliphatic heterocycles. The highest BCUT2D eigenvalue weighted by atomic mass is 35.5. The third kappa shape index (κ3) is 3.95. The molecule has 6 nitrogen and oxygen atoms in total. The summed E-state index contributed by atoms with van der Waals surface area (Å²) >= 11 is 0. The summed E-state index contributed by atoms with van der Waals surface area (Å²) in [5.74, 6) is 0.0571. The van der Waals surface area contributed by atoms with Crippen LogP contribution >= 0.6 is 12.4 Å². The molecule has 0 saturated heterocycles. The number of aliphatic hydroxyl groups excluding tert-OH is 1. The molecule has 1 saturated carbocycles. The number of nitrogens with two attached hydrogens (primary N) is 1. The van der Waals surface area contributed by atoms with E-state index in [-0.39, 0.29) is 30.3 Å². The van der Waals surface area contributed by atoms with Crippen LogP contribution in [-0.4, -0.2) is 50.9 Å². The molecule has 4 rings (SSSR count). The summed E-state index contributed by atoms with van der Waals surface area (Å²) in [6.07, 6.45) is 2.99. The van der Waals surface area contributed by atoms with Crippen LogP contribution in [0.4, 0.5) is 0 Å². The van der Waals surface area contributed by atoms with Crippen LogP contribution in [0.3, 0.4) is 0 Å². The lowest BCUT2D eigenvalue weighted by Gasteiger charge is -2.33. The minimum Gasteiger partial charge on any atom is -0.391 e. The number of carbonyl (C=O) groups is 1. The highest BCUT2D eigenvalue weighted by Gasteiger charge is 2.34. The number of rotatable bonds is 2. The van der Waals surface area contributed by atoms with Crippen molar-refractivity contribution >= 4 is 18.3 Å². The van der Waals surface area contributed by atoms with Gasteiger partial charge in [0.1, 0.15) is 0 Å². The van der Waals surface area contributed by atoms with Crippen molar-refractivity contribution in [3.8, 4) is 11.3 Å². The van der Waals surface area contributed by atoms with Crippen molar-refractivity contribution < 1.29 is 9.90 Å². The van der Waals surface area contributed by atoms with Gasteiger partial charge in [0.15, 0.2) is 0 Å². The molecule has 28 heavy (non-hydrogen) atoms. The summed E-state index contributed by atoms with van der Waals surface area (Å²) < 4.78 is 1.97. The fourth-order valence-electron chi connectivity index (χ4n) is 4.52.